The Hall–Kier alpha value is -3.28. The van der Waals surface area contributed by atoms with Gasteiger partial charge >= 0.3 is 12.1 Å². The highest BCUT2D eigenvalue weighted by atomic mass is 35.5. The second-order valence-electron chi connectivity index (χ2n) is 12.7. The van der Waals surface area contributed by atoms with Gasteiger partial charge in [0.1, 0.15) is 6.04 Å². The van der Waals surface area contributed by atoms with Gasteiger partial charge in [-0.05, 0) is 123 Å². The number of benzene rings is 2. The average molecular weight is 696 g/mol. The van der Waals surface area contributed by atoms with Gasteiger partial charge < -0.3 is 19.9 Å². The molecule has 0 saturated heterocycles. The fourth-order valence-corrected chi connectivity index (χ4v) is 6.20. The molecule has 0 bridgehead atoms. The summed E-state index contributed by atoms with van der Waals surface area (Å²) in [7, 11) is 3.46. The zero-order valence-electron chi connectivity index (χ0n) is 28.1. The maximum absolute atomic E-state index is 14.0. The van der Waals surface area contributed by atoms with Crippen molar-refractivity contribution < 1.29 is 27.9 Å². The number of pyridine rings is 1. The van der Waals surface area contributed by atoms with E-state index >= 15 is 0 Å². The molecule has 12 heteroatoms. The first-order valence-corrected chi connectivity index (χ1v) is 15.5. The second-order valence-corrected chi connectivity index (χ2v) is 13.2. The molecule has 0 radical (unpaired) electrons. The van der Waals surface area contributed by atoms with Crippen LogP contribution in [0.5, 0.6) is 0 Å². The fraction of sp³-hybridized carbons (Fsp3) is 0.457. The third-order valence-electron chi connectivity index (χ3n) is 8.19. The number of hydrogen-bond acceptors (Lipinski definition) is 4. The highest BCUT2D eigenvalue weighted by molar-refractivity contribution is 7.59. The van der Waals surface area contributed by atoms with E-state index in [0.717, 1.165) is 44.1 Å². The summed E-state index contributed by atoms with van der Waals surface area (Å²) in [5.74, 6) is -1.91. The summed E-state index contributed by atoms with van der Waals surface area (Å²) in [6.07, 6.45) is -3.91. The van der Waals surface area contributed by atoms with Gasteiger partial charge in [0.15, 0.2) is 0 Å². The van der Waals surface area contributed by atoms with E-state index in [1.54, 1.807) is 19.0 Å². The van der Waals surface area contributed by atoms with Crippen LogP contribution in [0.4, 0.5) is 13.2 Å². The maximum atomic E-state index is 14.0. The van der Waals surface area contributed by atoms with Crippen LogP contribution in [-0.2, 0) is 22.2 Å². The van der Waals surface area contributed by atoms with Gasteiger partial charge in [-0.25, -0.2) is 0 Å². The lowest BCUT2D eigenvalue weighted by molar-refractivity contribution is -0.139. The molecule has 258 valence electrons. The number of halogens is 4. The van der Waals surface area contributed by atoms with Crippen LogP contribution < -0.4 is 10.9 Å². The van der Waals surface area contributed by atoms with E-state index in [1.807, 2.05) is 65.8 Å². The molecule has 1 unspecified atom stereocenters. The molecule has 0 aliphatic carbocycles. The van der Waals surface area contributed by atoms with E-state index < -0.39 is 47.7 Å². The minimum atomic E-state index is -4.75. The van der Waals surface area contributed by atoms with Gasteiger partial charge in [0.25, 0.3) is 5.56 Å². The molecule has 3 rings (SSSR count). The molecule has 0 aliphatic heterocycles. The highest BCUT2D eigenvalue weighted by Gasteiger charge is 2.36. The van der Waals surface area contributed by atoms with Crippen molar-refractivity contribution in [3.8, 4) is 11.1 Å². The largest absolute Gasteiger partial charge is 0.481 e. The van der Waals surface area contributed by atoms with Crippen LogP contribution in [0.2, 0.25) is 5.02 Å². The van der Waals surface area contributed by atoms with Crippen molar-refractivity contribution >= 4 is 37.0 Å². The van der Waals surface area contributed by atoms with E-state index in [1.165, 1.54) is 0 Å². The minimum absolute atomic E-state index is 0. The summed E-state index contributed by atoms with van der Waals surface area (Å²) in [5, 5.41) is 13.3. The molecule has 0 saturated carbocycles. The van der Waals surface area contributed by atoms with Crippen molar-refractivity contribution in [1.82, 2.24) is 14.8 Å². The quantitative estimate of drug-likeness (QED) is 0.204. The van der Waals surface area contributed by atoms with Crippen LogP contribution in [-0.4, -0.2) is 47.1 Å². The van der Waals surface area contributed by atoms with E-state index in [-0.39, 0.29) is 37.8 Å². The highest BCUT2D eigenvalue weighted by Crippen LogP contribution is 2.36. The first-order valence-electron chi connectivity index (χ1n) is 15.2. The Morgan fingerprint density at radius 2 is 1.60 bits per heavy atom. The average Bonchev–Trinajstić information content (AvgIpc) is 2.90. The van der Waals surface area contributed by atoms with E-state index in [2.05, 4.69) is 5.32 Å². The number of nitrogens with zero attached hydrogens (tertiary/aromatic N) is 2. The Bertz CT molecular complexity index is 1650. The monoisotopic (exact) mass is 695 g/mol. The van der Waals surface area contributed by atoms with Crippen LogP contribution >= 0.6 is 25.1 Å². The van der Waals surface area contributed by atoms with Crippen LogP contribution in [0.25, 0.3) is 11.1 Å². The minimum Gasteiger partial charge on any atom is -0.481 e. The fourth-order valence-electron chi connectivity index (χ4n) is 5.88. The summed E-state index contributed by atoms with van der Waals surface area (Å²) in [4.78, 5) is 41.1. The lowest BCUT2D eigenvalue weighted by atomic mass is 9.88. The van der Waals surface area contributed by atoms with Crippen LogP contribution in [0.15, 0.2) is 41.3 Å². The molecule has 2 N–H and O–H groups in total. The summed E-state index contributed by atoms with van der Waals surface area (Å²) in [5.41, 5.74) is 3.81. The van der Waals surface area contributed by atoms with Gasteiger partial charge in [0.05, 0.1) is 18.0 Å². The van der Waals surface area contributed by atoms with Crippen LogP contribution in [0.3, 0.4) is 0 Å². The molecule has 2 atom stereocenters. The smallest absolute Gasteiger partial charge is 0.416 e. The molecule has 3 aromatic rings. The molecular weight excluding hydrogens is 651 g/mol. The lowest BCUT2D eigenvalue weighted by Gasteiger charge is -2.27. The number of amides is 1. The summed E-state index contributed by atoms with van der Waals surface area (Å²) in [6.45, 7) is 11.6. The SMILES string of the molecule is Cc1cc(-c2c(C)cc(Cl)cc2C)cc([C@H](CC(=O)O)NC(=O)C(CC(C)C)n2cc(CCN(C)C)c(C(F)(F)F)cc2=O)c1C.S. The Morgan fingerprint density at radius 3 is 2.11 bits per heavy atom. The molecule has 1 amide bonds. The molecule has 0 spiro atoms. The van der Waals surface area contributed by atoms with Gasteiger partial charge in [0.2, 0.25) is 5.91 Å². The summed E-state index contributed by atoms with van der Waals surface area (Å²) >= 11 is 6.27. The maximum Gasteiger partial charge on any atom is 0.416 e. The van der Waals surface area contributed by atoms with Crippen molar-refractivity contribution in [1.29, 1.82) is 0 Å². The first kappa shape index (κ1) is 39.9. The molecule has 2 aromatic carbocycles. The first-order chi connectivity index (χ1) is 21.3. The van der Waals surface area contributed by atoms with E-state index in [4.69, 9.17) is 11.6 Å². The number of carbonyl (C=O) groups is 2. The number of carboxylic acids is 1. The normalized spacial score (nSPS) is 13.0. The predicted octanol–water partition coefficient (Wildman–Crippen LogP) is 7.56. The van der Waals surface area contributed by atoms with Gasteiger partial charge in [0, 0.05) is 23.8 Å². The molecule has 1 aromatic heterocycles. The van der Waals surface area contributed by atoms with Crippen molar-refractivity contribution in [2.75, 3.05) is 20.6 Å². The molecule has 0 aliphatic rings. The zero-order valence-corrected chi connectivity index (χ0v) is 29.9. The molecular formula is C35H45ClF3N3O4S. The predicted molar refractivity (Wildman–Crippen MR) is 186 cm³/mol. The Kier molecular flexibility index (Phi) is 13.8. The van der Waals surface area contributed by atoms with Crippen molar-refractivity contribution in [3.63, 3.8) is 0 Å². The van der Waals surface area contributed by atoms with Gasteiger partial charge in [-0.1, -0.05) is 31.5 Å². The Morgan fingerprint density at radius 1 is 1.00 bits per heavy atom. The lowest BCUT2D eigenvalue weighted by Crippen LogP contribution is -2.41. The standard InChI is InChI=1S/C35H43ClF3N3O4.H2S/c1-19(2)11-30(42-18-24(9-10-41(7)8)28(16-31(42)43)35(37,38)39)34(46)40-29(17-32(44)45)27-15-25(12-20(3)23(27)6)33-21(4)13-26(36)14-22(33)5;/h12-16,18-19,29-30H,9-11,17H2,1-8H3,(H,40,46)(H,44,45);1H2/t29-,30?;/m0./s1. The Labute approximate surface area is 286 Å². The van der Waals surface area contributed by atoms with Crippen molar-refractivity contribution in [3.05, 3.63) is 90.8 Å². The second kappa shape index (κ2) is 16.2. The third-order valence-corrected chi connectivity index (χ3v) is 8.41. The van der Waals surface area contributed by atoms with Gasteiger partial charge in [-0.15, -0.1) is 0 Å². The topological polar surface area (TPSA) is 91.6 Å². The molecule has 47 heavy (non-hydrogen) atoms. The number of carbonyl (C=O) groups excluding carboxylic acids is 1. The number of likely N-dealkylation sites (N-methyl/N-ethyl adjacent to an activating group) is 1. The van der Waals surface area contributed by atoms with E-state index in [9.17, 15) is 32.7 Å². The Balaban J connectivity index is 0.00000768. The molecule has 7 nitrogen and oxygen atoms in total. The molecule has 0 fully saturated rings. The van der Waals surface area contributed by atoms with Crippen molar-refractivity contribution in [2.45, 2.75) is 79.1 Å². The van der Waals surface area contributed by atoms with Gasteiger partial charge in [-0.3, -0.25) is 14.4 Å². The number of hydrogen-bond donors (Lipinski definition) is 2. The number of aromatic nitrogens is 1. The number of carboxylic acid groups (broad SMARTS) is 1. The number of alkyl halides is 3. The number of rotatable bonds is 12. The number of aryl methyl sites for hydroxylation is 3. The van der Waals surface area contributed by atoms with E-state index in [0.29, 0.717) is 23.2 Å². The summed E-state index contributed by atoms with van der Waals surface area (Å²) < 4.78 is 42.8. The number of aliphatic carboxylic acids is 1. The van der Waals surface area contributed by atoms with Crippen LogP contribution in [0, 0.1) is 33.6 Å². The van der Waals surface area contributed by atoms with Crippen molar-refractivity contribution in [2.24, 2.45) is 5.92 Å². The molecule has 1 heterocycles. The third kappa shape index (κ3) is 10.1. The number of nitrogens with one attached hydrogen (secondary N) is 1. The summed E-state index contributed by atoms with van der Waals surface area (Å²) in [6, 6.07) is 5.95. The zero-order chi connectivity index (χ0) is 34.7. The van der Waals surface area contributed by atoms with Gasteiger partial charge in [-0.2, -0.15) is 26.7 Å². The van der Waals surface area contributed by atoms with Crippen LogP contribution in [0.1, 0.15) is 77.7 Å².